The molecule has 1 heterocycles. The van der Waals surface area contributed by atoms with Gasteiger partial charge >= 0.3 is 0 Å². The number of nitrogens with two attached hydrogens (primary N) is 1. The number of hydrogen-bond acceptors (Lipinski definition) is 5. The number of hydrogen-bond donors (Lipinski definition) is 2. The van der Waals surface area contributed by atoms with E-state index in [2.05, 4.69) is 10.5 Å². The predicted molar refractivity (Wildman–Crippen MR) is 73.6 cm³/mol. The second-order valence-corrected chi connectivity index (χ2v) is 4.81. The van der Waals surface area contributed by atoms with Crippen LogP contribution in [0.2, 0.25) is 0 Å². The van der Waals surface area contributed by atoms with Crippen LogP contribution in [0.25, 0.3) is 0 Å². The van der Waals surface area contributed by atoms with E-state index in [-0.39, 0.29) is 5.91 Å². The zero-order valence-electron chi connectivity index (χ0n) is 10.3. The van der Waals surface area contributed by atoms with Crippen LogP contribution in [0.4, 0.5) is 0 Å². The molecule has 0 aliphatic rings. The predicted octanol–water partition coefficient (Wildman–Crippen LogP) is 1.51. The van der Waals surface area contributed by atoms with E-state index in [0.29, 0.717) is 25.3 Å². The lowest BCUT2D eigenvalue weighted by atomic mass is 10.2. The summed E-state index contributed by atoms with van der Waals surface area (Å²) in [4.78, 5) is 21.0. The van der Waals surface area contributed by atoms with Crippen molar-refractivity contribution in [1.82, 2.24) is 10.5 Å². The maximum absolute atomic E-state index is 11.7. The van der Waals surface area contributed by atoms with Crippen molar-refractivity contribution in [3.63, 3.8) is 0 Å². The van der Waals surface area contributed by atoms with Crippen LogP contribution in [0, 0.1) is 0 Å². The molecule has 0 saturated heterocycles. The van der Waals surface area contributed by atoms with Crippen molar-refractivity contribution in [1.29, 1.82) is 0 Å². The van der Waals surface area contributed by atoms with Crippen LogP contribution >= 0.6 is 11.3 Å². The van der Waals surface area contributed by atoms with E-state index in [1.165, 1.54) is 11.3 Å². The second-order valence-electron chi connectivity index (χ2n) is 3.87. The van der Waals surface area contributed by atoms with Crippen LogP contribution in [-0.4, -0.2) is 17.4 Å². The summed E-state index contributed by atoms with van der Waals surface area (Å²) >= 11 is 1.42. The molecule has 100 valence electrons. The molecule has 2 aromatic rings. The van der Waals surface area contributed by atoms with E-state index in [1.54, 1.807) is 5.38 Å². The minimum Gasteiger partial charge on any atom is -0.330 e. The molecule has 5 nitrogen and oxygen atoms in total. The van der Waals surface area contributed by atoms with E-state index < -0.39 is 0 Å². The van der Waals surface area contributed by atoms with E-state index in [4.69, 9.17) is 10.6 Å². The van der Waals surface area contributed by atoms with Crippen LogP contribution in [0.3, 0.4) is 0 Å². The first-order chi connectivity index (χ1) is 9.29. The van der Waals surface area contributed by atoms with Gasteiger partial charge in [-0.15, -0.1) is 11.3 Å². The van der Waals surface area contributed by atoms with Crippen molar-refractivity contribution in [3.8, 4) is 0 Å². The molecule has 0 aliphatic heterocycles. The average molecular weight is 277 g/mol. The van der Waals surface area contributed by atoms with E-state index in [0.717, 1.165) is 10.6 Å². The Morgan fingerprint density at radius 1 is 1.37 bits per heavy atom. The van der Waals surface area contributed by atoms with Gasteiger partial charge in [-0.1, -0.05) is 30.3 Å². The Morgan fingerprint density at radius 2 is 2.16 bits per heavy atom. The molecule has 0 unspecified atom stereocenters. The minimum atomic E-state index is -0.338. The number of carbonyl (C=O) groups is 1. The molecular formula is C13H15N3O2S. The minimum absolute atomic E-state index is 0.326. The first kappa shape index (κ1) is 13.7. The fraction of sp³-hybridized carbons (Fsp3) is 0.231. The van der Waals surface area contributed by atoms with Crippen LogP contribution in [-0.2, 0) is 17.9 Å². The first-order valence-electron chi connectivity index (χ1n) is 5.90. The number of carbonyl (C=O) groups excluding carboxylic acids is 1. The number of nitrogens with zero attached hydrogens (tertiary/aromatic N) is 1. The third-order valence-electron chi connectivity index (χ3n) is 2.39. The summed E-state index contributed by atoms with van der Waals surface area (Å²) in [5.74, 6) is -0.338. The number of aromatic nitrogens is 1. The first-order valence-corrected chi connectivity index (χ1v) is 6.78. The van der Waals surface area contributed by atoms with Gasteiger partial charge < -0.3 is 5.73 Å². The zero-order chi connectivity index (χ0) is 13.5. The van der Waals surface area contributed by atoms with Crippen molar-refractivity contribution in [2.24, 2.45) is 5.73 Å². The Morgan fingerprint density at radius 3 is 2.89 bits per heavy atom. The van der Waals surface area contributed by atoms with Crippen LogP contribution < -0.4 is 11.2 Å². The maximum atomic E-state index is 11.7. The summed E-state index contributed by atoms with van der Waals surface area (Å²) in [6.07, 6.45) is 0.683. The van der Waals surface area contributed by atoms with Gasteiger partial charge in [0.2, 0.25) is 0 Å². The van der Waals surface area contributed by atoms with Gasteiger partial charge in [-0.25, -0.2) is 10.5 Å². The van der Waals surface area contributed by atoms with Crippen LogP contribution in [0.5, 0.6) is 0 Å². The number of rotatable bonds is 6. The number of hydroxylamine groups is 1. The molecule has 2 rings (SSSR count). The molecule has 0 fully saturated rings. The topological polar surface area (TPSA) is 77.2 Å². The van der Waals surface area contributed by atoms with Crippen molar-refractivity contribution in [2.75, 3.05) is 6.54 Å². The second kappa shape index (κ2) is 6.98. The molecule has 0 saturated carbocycles. The van der Waals surface area contributed by atoms with E-state index in [1.807, 2.05) is 30.3 Å². The molecule has 0 aliphatic carbocycles. The van der Waals surface area contributed by atoms with Gasteiger partial charge in [0.15, 0.2) is 0 Å². The molecule has 6 heteroatoms. The summed E-state index contributed by atoms with van der Waals surface area (Å²) in [7, 11) is 0. The van der Waals surface area contributed by atoms with Gasteiger partial charge in [0, 0.05) is 11.8 Å². The highest BCUT2D eigenvalue weighted by Crippen LogP contribution is 2.10. The van der Waals surface area contributed by atoms with E-state index in [9.17, 15) is 4.79 Å². The van der Waals surface area contributed by atoms with Crippen molar-refractivity contribution < 1.29 is 9.63 Å². The fourth-order valence-electron chi connectivity index (χ4n) is 1.46. The Bertz CT molecular complexity index is 528. The standard InChI is InChI=1S/C13H15N3O2S/c14-7-6-12-15-11(9-19-12)13(17)16-18-8-10-4-2-1-3-5-10/h1-5,9H,6-8,14H2,(H,16,17). The number of amides is 1. The lowest BCUT2D eigenvalue weighted by Gasteiger charge is -2.04. The monoisotopic (exact) mass is 277 g/mol. The quantitative estimate of drug-likeness (QED) is 0.785. The largest absolute Gasteiger partial charge is 0.330 e. The highest BCUT2D eigenvalue weighted by molar-refractivity contribution is 7.09. The van der Waals surface area contributed by atoms with Crippen molar-refractivity contribution >= 4 is 17.2 Å². The van der Waals surface area contributed by atoms with Crippen molar-refractivity contribution in [3.05, 3.63) is 52.0 Å². The normalized spacial score (nSPS) is 10.4. The van der Waals surface area contributed by atoms with E-state index >= 15 is 0 Å². The number of benzene rings is 1. The van der Waals surface area contributed by atoms with Gasteiger partial charge in [0.25, 0.3) is 5.91 Å². The maximum Gasteiger partial charge on any atom is 0.294 e. The third-order valence-corrected chi connectivity index (χ3v) is 3.30. The van der Waals surface area contributed by atoms with Gasteiger partial charge in [-0.3, -0.25) is 9.63 Å². The smallest absolute Gasteiger partial charge is 0.294 e. The number of nitrogens with one attached hydrogen (secondary N) is 1. The summed E-state index contributed by atoms with van der Waals surface area (Å²) in [6, 6.07) is 9.61. The summed E-state index contributed by atoms with van der Waals surface area (Å²) < 4.78 is 0. The molecule has 19 heavy (non-hydrogen) atoms. The van der Waals surface area contributed by atoms with Gasteiger partial charge in [-0.2, -0.15) is 0 Å². The highest BCUT2D eigenvalue weighted by Gasteiger charge is 2.10. The average Bonchev–Trinajstić information content (AvgIpc) is 2.89. The number of thiazole rings is 1. The van der Waals surface area contributed by atoms with Gasteiger partial charge in [0.05, 0.1) is 11.6 Å². The lowest BCUT2D eigenvalue weighted by Crippen LogP contribution is -2.24. The summed E-state index contributed by atoms with van der Waals surface area (Å²) in [6.45, 7) is 0.853. The Balaban J connectivity index is 1.80. The van der Waals surface area contributed by atoms with Gasteiger partial charge in [0.1, 0.15) is 5.69 Å². The van der Waals surface area contributed by atoms with Crippen LogP contribution in [0.1, 0.15) is 21.1 Å². The summed E-state index contributed by atoms with van der Waals surface area (Å²) in [5, 5.41) is 2.56. The molecule has 0 spiro atoms. The molecule has 0 atom stereocenters. The SMILES string of the molecule is NCCc1nc(C(=O)NOCc2ccccc2)cs1. The molecule has 1 aromatic carbocycles. The molecule has 0 bridgehead atoms. The molecule has 1 aromatic heterocycles. The molecule has 3 N–H and O–H groups in total. The van der Waals surface area contributed by atoms with Gasteiger partial charge in [-0.05, 0) is 12.1 Å². The fourth-order valence-corrected chi connectivity index (χ4v) is 2.26. The molecular weight excluding hydrogens is 262 g/mol. The summed E-state index contributed by atoms with van der Waals surface area (Å²) in [5.41, 5.74) is 9.16. The zero-order valence-corrected chi connectivity index (χ0v) is 11.2. The Hall–Kier alpha value is -1.76. The lowest BCUT2D eigenvalue weighted by molar-refractivity contribution is 0.0230. The molecule has 0 radical (unpaired) electrons. The molecule has 1 amide bonds. The highest BCUT2D eigenvalue weighted by atomic mass is 32.1. The van der Waals surface area contributed by atoms with Crippen molar-refractivity contribution in [2.45, 2.75) is 13.0 Å². The van der Waals surface area contributed by atoms with Crippen LogP contribution in [0.15, 0.2) is 35.7 Å². The Kier molecular flexibility index (Phi) is 5.02. The Labute approximate surface area is 115 Å². The third kappa shape index (κ3) is 4.13.